The van der Waals surface area contributed by atoms with E-state index in [1.807, 2.05) is 44.2 Å². The minimum absolute atomic E-state index is 0.0974. The molecule has 1 saturated carbocycles. The molecular formula is C18H19NO3. The van der Waals surface area contributed by atoms with Crippen LogP contribution >= 0.6 is 0 Å². The van der Waals surface area contributed by atoms with Gasteiger partial charge in [-0.2, -0.15) is 0 Å². The number of benzene rings is 1. The van der Waals surface area contributed by atoms with Crippen LogP contribution in [0.1, 0.15) is 13.8 Å². The molecule has 0 spiro atoms. The molecule has 22 heavy (non-hydrogen) atoms. The number of fused-ring (bicyclic) bond motifs is 2. The number of allylic oxidation sites excluding steroid dienone is 4. The Labute approximate surface area is 129 Å². The Balaban J connectivity index is 1.92. The lowest BCUT2D eigenvalue weighted by atomic mass is 9.82. The van der Waals surface area contributed by atoms with E-state index in [2.05, 4.69) is 5.32 Å². The molecule has 1 amide bonds. The third kappa shape index (κ3) is 2.25. The monoisotopic (exact) mass is 297 g/mol. The van der Waals surface area contributed by atoms with Gasteiger partial charge in [-0.05, 0) is 26.0 Å². The van der Waals surface area contributed by atoms with Crippen molar-refractivity contribution in [1.29, 1.82) is 0 Å². The highest BCUT2D eigenvalue weighted by Crippen LogP contribution is 2.53. The van der Waals surface area contributed by atoms with Crippen molar-refractivity contribution in [3.8, 4) is 0 Å². The summed E-state index contributed by atoms with van der Waals surface area (Å²) >= 11 is 0. The summed E-state index contributed by atoms with van der Waals surface area (Å²) in [4.78, 5) is 24.3. The van der Waals surface area contributed by atoms with Gasteiger partial charge in [-0.25, -0.2) is 0 Å². The summed E-state index contributed by atoms with van der Waals surface area (Å²) in [5.41, 5.74) is 2.91. The first-order valence-electron chi connectivity index (χ1n) is 7.45. The highest BCUT2D eigenvalue weighted by molar-refractivity contribution is 5.97. The van der Waals surface area contributed by atoms with Gasteiger partial charge in [0.25, 0.3) is 0 Å². The molecule has 3 rings (SSSR count). The Bertz CT molecular complexity index is 671. The first-order valence-corrected chi connectivity index (χ1v) is 7.45. The Kier molecular flexibility index (Phi) is 3.61. The number of hydrogen-bond donors (Lipinski definition) is 2. The van der Waals surface area contributed by atoms with Crippen molar-refractivity contribution in [2.24, 2.45) is 23.7 Å². The molecule has 4 nitrogen and oxygen atoms in total. The van der Waals surface area contributed by atoms with Gasteiger partial charge in [-0.15, -0.1) is 0 Å². The summed E-state index contributed by atoms with van der Waals surface area (Å²) in [5, 5.41) is 12.4. The topological polar surface area (TPSA) is 66.4 Å². The maximum atomic E-state index is 12.7. The van der Waals surface area contributed by atoms with Crippen LogP contribution in [0, 0.1) is 23.7 Å². The molecule has 1 aromatic rings. The SMILES string of the molecule is CC(C)=C1[C@H]2C=C[C@H]1[C@H](C(=O)Nc1ccccc1)[C@H]2C(=O)O. The molecule has 0 aromatic heterocycles. The highest BCUT2D eigenvalue weighted by atomic mass is 16.4. The fourth-order valence-corrected chi connectivity index (χ4v) is 3.79. The number of amides is 1. The number of nitrogens with one attached hydrogen (secondary N) is 1. The number of para-hydroxylation sites is 1. The van der Waals surface area contributed by atoms with E-state index in [1.165, 1.54) is 0 Å². The second kappa shape index (κ2) is 5.44. The molecule has 2 N–H and O–H groups in total. The number of carboxylic acids is 1. The van der Waals surface area contributed by atoms with Gasteiger partial charge in [0, 0.05) is 17.5 Å². The standard InChI is InChI=1S/C18H19NO3/c1-10(2)14-12-8-9-13(14)16(18(21)22)15(12)17(20)19-11-6-4-3-5-7-11/h3-9,12-13,15-16H,1-2H3,(H,19,20)(H,21,22)/t12-,13-,15+,16+/m1/s1. The van der Waals surface area contributed by atoms with Crippen molar-refractivity contribution >= 4 is 17.6 Å². The number of carbonyl (C=O) groups is 2. The minimum atomic E-state index is -0.899. The third-order valence-corrected chi connectivity index (χ3v) is 4.61. The van der Waals surface area contributed by atoms with Crippen molar-refractivity contribution in [2.75, 3.05) is 5.32 Å². The van der Waals surface area contributed by atoms with Crippen LogP contribution in [0.25, 0.3) is 0 Å². The first-order chi connectivity index (χ1) is 10.5. The quantitative estimate of drug-likeness (QED) is 0.843. The number of aliphatic carboxylic acids is 1. The summed E-state index contributed by atoms with van der Waals surface area (Å²) < 4.78 is 0. The number of hydrogen-bond acceptors (Lipinski definition) is 2. The maximum Gasteiger partial charge on any atom is 0.308 e. The number of anilines is 1. The van der Waals surface area contributed by atoms with Gasteiger partial charge in [-0.3, -0.25) is 9.59 Å². The molecule has 114 valence electrons. The predicted molar refractivity (Wildman–Crippen MR) is 84.2 cm³/mol. The molecule has 2 aliphatic rings. The Morgan fingerprint density at radius 1 is 1.00 bits per heavy atom. The van der Waals surface area contributed by atoms with Gasteiger partial charge >= 0.3 is 5.97 Å². The van der Waals surface area contributed by atoms with Gasteiger partial charge in [0.05, 0.1) is 11.8 Å². The lowest BCUT2D eigenvalue weighted by Crippen LogP contribution is -2.36. The lowest BCUT2D eigenvalue weighted by Gasteiger charge is -2.23. The molecule has 0 unspecified atom stereocenters. The second-order valence-electron chi connectivity index (χ2n) is 6.14. The fourth-order valence-electron chi connectivity index (χ4n) is 3.79. The summed E-state index contributed by atoms with van der Waals surface area (Å²) in [6, 6.07) is 9.16. The number of carbonyl (C=O) groups excluding carboxylic acids is 1. The van der Waals surface area contributed by atoms with Crippen molar-refractivity contribution in [3.05, 3.63) is 53.6 Å². The molecule has 0 aliphatic heterocycles. The molecule has 1 fully saturated rings. The van der Waals surface area contributed by atoms with Crippen LogP contribution in [0.2, 0.25) is 0 Å². The van der Waals surface area contributed by atoms with Crippen LogP contribution in [0.4, 0.5) is 5.69 Å². The molecule has 1 aromatic carbocycles. The zero-order valence-corrected chi connectivity index (χ0v) is 12.6. The average Bonchev–Trinajstić information content (AvgIpc) is 3.03. The predicted octanol–water partition coefficient (Wildman–Crippen LogP) is 3.09. The lowest BCUT2D eigenvalue weighted by molar-refractivity contribution is -0.146. The zero-order valence-electron chi connectivity index (χ0n) is 12.6. The molecule has 0 heterocycles. The maximum absolute atomic E-state index is 12.7. The Morgan fingerprint density at radius 2 is 1.59 bits per heavy atom. The summed E-state index contributed by atoms with van der Waals surface area (Å²) in [5.74, 6) is -2.59. The molecule has 4 heteroatoms. The van der Waals surface area contributed by atoms with Gasteiger partial charge in [-0.1, -0.05) is 41.5 Å². The largest absolute Gasteiger partial charge is 0.481 e. The van der Waals surface area contributed by atoms with E-state index in [9.17, 15) is 14.7 Å². The van der Waals surface area contributed by atoms with Crippen molar-refractivity contribution in [1.82, 2.24) is 0 Å². The molecule has 0 radical (unpaired) electrons. The van der Waals surface area contributed by atoms with Crippen LogP contribution in [0.3, 0.4) is 0 Å². The van der Waals surface area contributed by atoms with Gasteiger partial charge in [0.2, 0.25) is 5.91 Å². The van der Waals surface area contributed by atoms with Crippen LogP contribution in [-0.4, -0.2) is 17.0 Å². The minimum Gasteiger partial charge on any atom is -0.481 e. The van der Waals surface area contributed by atoms with E-state index in [-0.39, 0.29) is 17.7 Å². The van der Waals surface area contributed by atoms with Gasteiger partial charge < -0.3 is 10.4 Å². The van der Waals surface area contributed by atoms with E-state index >= 15 is 0 Å². The summed E-state index contributed by atoms with van der Waals surface area (Å²) in [7, 11) is 0. The normalized spacial score (nSPS) is 28.7. The van der Waals surface area contributed by atoms with Crippen LogP contribution in [0.15, 0.2) is 53.6 Å². The molecule has 4 atom stereocenters. The van der Waals surface area contributed by atoms with Crippen molar-refractivity contribution in [3.63, 3.8) is 0 Å². The second-order valence-corrected chi connectivity index (χ2v) is 6.14. The number of rotatable bonds is 3. The van der Waals surface area contributed by atoms with E-state index in [0.717, 1.165) is 11.1 Å². The van der Waals surface area contributed by atoms with E-state index < -0.39 is 17.8 Å². The van der Waals surface area contributed by atoms with E-state index in [0.29, 0.717) is 5.69 Å². The van der Waals surface area contributed by atoms with Crippen molar-refractivity contribution < 1.29 is 14.7 Å². The van der Waals surface area contributed by atoms with E-state index in [1.54, 1.807) is 12.1 Å². The molecule has 2 bridgehead atoms. The smallest absolute Gasteiger partial charge is 0.308 e. The van der Waals surface area contributed by atoms with Crippen LogP contribution in [0.5, 0.6) is 0 Å². The summed E-state index contributed by atoms with van der Waals surface area (Å²) in [6.45, 7) is 3.97. The average molecular weight is 297 g/mol. The van der Waals surface area contributed by atoms with Crippen LogP contribution in [-0.2, 0) is 9.59 Å². The third-order valence-electron chi connectivity index (χ3n) is 4.61. The summed E-state index contributed by atoms with van der Waals surface area (Å²) in [6.07, 6.45) is 3.93. The molecular weight excluding hydrogens is 278 g/mol. The van der Waals surface area contributed by atoms with Crippen LogP contribution < -0.4 is 5.32 Å². The number of carboxylic acid groups (broad SMARTS) is 1. The van der Waals surface area contributed by atoms with Gasteiger partial charge in [0.1, 0.15) is 0 Å². The molecule has 0 saturated heterocycles. The highest BCUT2D eigenvalue weighted by Gasteiger charge is 2.54. The van der Waals surface area contributed by atoms with E-state index in [4.69, 9.17) is 0 Å². The van der Waals surface area contributed by atoms with Gasteiger partial charge in [0.15, 0.2) is 0 Å². The first kappa shape index (κ1) is 14.6. The molecule has 2 aliphatic carbocycles. The Morgan fingerprint density at radius 3 is 2.14 bits per heavy atom. The fraction of sp³-hybridized carbons (Fsp3) is 0.333. The Hall–Kier alpha value is -2.36. The zero-order chi connectivity index (χ0) is 15.9. The van der Waals surface area contributed by atoms with Crippen molar-refractivity contribution in [2.45, 2.75) is 13.8 Å².